The van der Waals surface area contributed by atoms with Crippen molar-refractivity contribution in [1.82, 2.24) is 20.4 Å². The van der Waals surface area contributed by atoms with E-state index in [2.05, 4.69) is 15.3 Å². The first-order valence-corrected chi connectivity index (χ1v) is 2.29. The van der Waals surface area contributed by atoms with E-state index < -0.39 is 11.6 Å². The summed E-state index contributed by atoms with van der Waals surface area (Å²) in [5.74, 6) is -1.14. The number of hydrogen-bond acceptors (Lipinski definition) is 5. The van der Waals surface area contributed by atoms with Crippen molar-refractivity contribution in [3.63, 3.8) is 0 Å². The normalized spacial score (nSPS) is 9.20. The quantitative estimate of drug-likeness (QED) is 0.454. The molecule has 3 N–H and O–H groups in total. The second kappa shape index (κ2) is 2.21. The average molecular weight is 141 g/mol. The van der Waals surface area contributed by atoms with E-state index in [9.17, 15) is 9.59 Å². The van der Waals surface area contributed by atoms with Gasteiger partial charge in [-0.05, 0) is 0 Å². The van der Waals surface area contributed by atoms with Gasteiger partial charge in [0.05, 0.1) is 0 Å². The molecular weight excluding hydrogens is 138 g/mol. The molecule has 0 unspecified atom stereocenters. The van der Waals surface area contributed by atoms with Crippen molar-refractivity contribution in [1.29, 1.82) is 0 Å². The average Bonchev–Trinajstić information content (AvgIpc) is 1.88. The number of rotatable bonds is 1. The maximum Gasteiger partial charge on any atom is 0.380 e. The van der Waals surface area contributed by atoms with Gasteiger partial charge in [0.25, 0.3) is 11.7 Å². The van der Waals surface area contributed by atoms with Crippen LogP contribution in [0.2, 0.25) is 0 Å². The van der Waals surface area contributed by atoms with Gasteiger partial charge in [0.15, 0.2) is 0 Å². The van der Waals surface area contributed by atoms with Crippen LogP contribution in [0.15, 0.2) is 4.79 Å². The molecule has 1 heterocycles. The molecule has 0 aromatic carbocycles. The molecule has 7 nitrogen and oxygen atoms in total. The van der Waals surface area contributed by atoms with Gasteiger partial charge in [-0.15, -0.1) is 10.2 Å². The lowest BCUT2D eigenvalue weighted by Crippen LogP contribution is -2.23. The Hall–Kier alpha value is -1.79. The second-order valence-electron chi connectivity index (χ2n) is 1.42. The van der Waals surface area contributed by atoms with Crippen LogP contribution in [0.25, 0.3) is 0 Å². The van der Waals surface area contributed by atoms with Crippen molar-refractivity contribution in [2.75, 3.05) is 0 Å². The summed E-state index contributed by atoms with van der Waals surface area (Å²) < 4.78 is 0. The number of amides is 1. The Balaban J connectivity index is 3.12. The second-order valence-corrected chi connectivity index (χ2v) is 1.42. The number of aromatic nitrogens is 4. The number of carbonyl (C=O) groups is 1. The van der Waals surface area contributed by atoms with E-state index in [0.717, 1.165) is 0 Å². The fourth-order valence-electron chi connectivity index (χ4n) is 0.343. The third-order valence-electron chi connectivity index (χ3n) is 0.713. The van der Waals surface area contributed by atoms with E-state index in [0.29, 0.717) is 0 Å². The molecular formula is C3H3N5O2. The monoisotopic (exact) mass is 141 g/mol. The molecule has 0 aliphatic rings. The summed E-state index contributed by atoms with van der Waals surface area (Å²) in [6.07, 6.45) is 0. The van der Waals surface area contributed by atoms with Crippen LogP contribution in [0.5, 0.6) is 0 Å². The summed E-state index contributed by atoms with van der Waals surface area (Å²) >= 11 is 0. The highest BCUT2D eigenvalue weighted by atomic mass is 16.2. The third kappa shape index (κ3) is 1.13. The lowest BCUT2D eigenvalue weighted by Gasteiger charge is -1.86. The number of nitrogens with two attached hydrogens (primary N) is 1. The summed E-state index contributed by atoms with van der Waals surface area (Å²) in [6, 6.07) is 0. The van der Waals surface area contributed by atoms with E-state index in [1.807, 2.05) is 5.10 Å². The minimum Gasteiger partial charge on any atom is -0.363 e. The molecule has 10 heavy (non-hydrogen) atoms. The van der Waals surface area contributed by atoms with Crippen molar-refractivity contribution < 1.29 is 4.79 Å². The number of hydrogen-bond donors (Lipinski definition) is 2. The zero-order valence-corrected chi connectivity index (χ0v) is 4.74. The van der Waals surface area contributed by atoms with Gasteiger partial charge in [0.1, 0.15) is 0 Å². The molecule has 0 spiro atoms. The Morgan fingerprint density at radius 1 is 1.50 bits per heavy atom. The molecule has 52 valence electrons. The van der Waals surface area contributed by atoms with E-state index in [1.165, 1.54) is 0 Å². The number of aromatic amines is 1. The molecule has 1 rings (SSSR count). The smallest absolute Gasteiger partial charge is 0.363 e. The predicted molar refractivity (Wildman–Crippen MR) is 29.0 cm³/mol. The van der Waals surface area contributed by atoms with Crippen molar-refractivity contribution in [3.05, 3.63) is 16.3 Å². The van der Waals surface area contributed by atoms with Crippen molar-refractivity contribution in [2.45, 2.75) is 0 Å². The van der Waals surface area contributed by atoms with Gasteiger partial charge >= 0.3 is 5.69 Å². The van der Waals surface area contributed by atoms with Crippen LogP contribution in [0.3, 0.4) is 0 Å². The highest BCUT2D eigenvalue weighted by molar-refractivity contribution is 5.88. The van der Waals surface area contributed by atoms with Gasteiger partial charge in [-0.2, -0.15) is 0 Å². The number of H-pyrrole nitrogens is 1. The summed E-state index contributed by atoms with van der Waals surface area (Å²) in [5, 5.41) is 11.2. The molecule has 0 saturated carbocycles. The van der Waals surface area contributed by atoms with E-state index in [-0.39, 0.29) is 5.82 Å². The standard InChI is InChI=1S/C3H3N5O2/c4-1(9)2-5-7-3(10)8-6-2/h(H2,4,9)(H,7,8,10). The summed E-state index contributed by atoms with van der Waals surface area (Å²) in [6.45, 7) is 0. The molecule has 0 aliphatic carbocycles. The van der Waals surface area contributed by atoms with Gasteiger partial charge in [-0.3, -0.25) is 4.79 Å². The lowest BCUT2D eigenvalue weighted by molar-refractivity contribution is 0.0987. The SMILES string of the molecule is NC(=O)c1nnc(=O)[nH]n1. The van der Waals surface area contributed by atoms with Crippen LogP contribution in [-0.2, 0) is 0 Å². The van der Waals surface area contributed by atoms with E-state index in [1.54, 1.807) is 0 Å². The summed E-state index contributed by atoms with van der Waals surface area (Å²) in [4.78, 5) is 20.4. The molecule has 0 radical (unpaired) electrons. The van der Waals surface area contributed by atoms with Crippen LogP contribution in [0.4, 0.5) is 0 Å². The van der Waals surface area contributed by atoms with Crippen LogP contribution >= 0.6 is 0 Å². The Kier molecular flexibility index (Phi) is 1.40. The fraction of sp³-hybridized carbons (Fsp3) is 0. The van der Waals surface area contributed by atoms with Crippen molar-refractivity contribution in [3.8, 4) is 0 Å². The van der Waals surface area contributed by atoms with Gasteiger partial charge in [0.2, 0.25) is 0 Å². The number of nitrogens with one attached hydrogen (secondary N) is 1. The molecule has 0 atom stereocenters. The largest absolute Gasteiger partial charge is 0.380 e. The third-order valence-corrected chi connectivity index (χ3v) is 0.713. The van der Waals surface area contributed by atoms with Crippen molar-refractivity contribution in [2.24, 2.45) is 5.73 Å². The zero-order valence-electron chi connectivity index (χ0n) is 4.74. The minimum absolute atomic E-state index is 0.306. The Labute approximate surface area is 54.3 Å². The van der Waals surface area contributed by atoms with Gasteiger partial charge in [-0.25, -0.2) is 9.89 Å². The number of nitrogens with zero attached hydrogens (tertiary/aromatic N) is 3. The molecule has 1 aromatic rings. The molecule has 0 saturated heterocycles. The van der Waals surface area contributed by atoms with Crippen molar-refractivity contribution >= 4 is 5.91 Å². The molecule has 1 amide bonds. The van der Waals surface area contributed by atoms with Crippen LogP contribution < -0.4 is 11.4 Å². The van der Waals surface area contributed by atoms with Crippen LogP contribution in [-0.4, -0.2) is 26.3 Å². The predicted octanol–water partition coefficient (Wildman–Crippen LogP) is -2.34. The summed E-state index contributed by atoms with van der Waals surface area (Å²) in [7, 11) is 0. The first-order valence-electron chi connectivity index (χ1n) is 2.29. The Morgan fingerprint density at radius 2 is 2.20 bits per heavy atom. The topological polar surface area (TPSA) is 115 Å². The first kappa shape index (κ1) is 6.33. The molecule has 0 bridgehead atoms. The van der Waals surface area contributed by atoms with Gasteiger partial charge in [0, 0.05) is 0 Å². The first-order chi connectivity index (χ1) is 4.70. The van der Waals surface area contributed by atoms with Gasteiger partial charge in [-0.1, -0.05) is 5.10 Å². The molecule has 1 aromatic heterocycles. The number of carbonyl (C=O) groups excluding carboxylic acids is 1. The molecule has 0 fully saturated rings. The maximum atomic E-state index is 10.2. The molecule has 7 heteroatoms. The summed E-state index contributed by atoms with van der Waals surface area (Å²) in [5.41, 5.74) is 4.02. The fourth-order valence-corrected chi connectivity index (χ4v) is 0.343. The highest BCUT2D eigenvalue weighted by Crippen LogP contribution is 1.73. The highest BCUT2D eigenvalue weighted by Gasteiger charge is 2.02. The Bertz CT molecular complexity index is 284. The minimum atomic E-state index is -0.830. The maximum absolute atomic E-state index is 10.2. The van der Waals surface area contributed by atoms with Crippen LogP contribution in [0.1, 0.15) is 10.6 Å². The lowest BCUT2D eigenvalue weighted by atomic mass is 10.6. The zero-order chi connectivity index (χ0) is 7.56. The number of primary amides is 1. The Morgan fingerprint density at radius 3 is 2.60 bits per heavy atom. The molecule has 0 aliphatic heterocycles. The van der Waals surface area contributed by atoms with E-state index >= 15 is 0 Å². The van der Waals surface area contributed by atoms with Gasteiger partial charge < -0.3 is 5.73 Å². The van der Waals surface area contributed by atoms with Crippen LogP contribution in [0, 0.1) is 0 Å². The van der Waals surface area contributed by atoms with E-state index in [4.69, 9.17) is 5.73 Å².